The van der Waals surface area contributed by atoms with Gasteiger partial charge in [-0.05, 0) is 19.1 Å². The van der Waals surface area contributed by atoms with E-state index in [1.807, 2.05) is 0 Å². The summed E-state index contributed by atoms with van der Waals surface area (Å²) >= 11 is 6.47. The molecule has 14 heavy (non-hydrogen) atoms. The van der Waals surface area contributed by atoms with Crippen molar-refractivity contribution in [3.05, 3.63) is 30.1 Å². The Hall–Kier alpha value is -0.420. The molecule has 0 aliphatic heterocycles. The average molecular weight is 323 g/mol. The van der Waals surface area contributed by atoms with Crippen molar-refractivity contribution < 1.29 is 9.53 Å². The summed E-state index contributed by atoms with van der Waals surface area (Å²) in [5, 5.41) is 0. The Bertz CT molecular complexity index is 314. The number of esters is 1. The number of alkyl halides is 2. The second-order valence-electron chi connectivity index (χ2n) is 2.51. The van der Waals surface area contributed by atoms with E-state index in [1.165, 1.54) is 0 Å². The Kier molecular flexibility index (Phi) is 4.07. The molecule has 0 N–H and O–H groups in total. The molecule has 0 unspecified atom stereocenters. The second kappa shape index (κ2) is 4.89. The zero-order valence-corrected chi connectivity index (χ0v) is 10.7. The van der Waals surface area contributed by atoms with Gasteiger partial charge in [0.2, 0.25) is 3.23 Å². The van der Waals surface area contributed by atoms with E-state index >= 15 is 0 Å². The summed E-state index contributed by atoms with van der Waals surface area (Å²) in [6.45, 7) is 2.09. The summed E-state index contributed by atoms with van der Waals surface area (Å²) in [6, 6.07) is 5.32. The molecule has 1 aromatic heterocycles. The predicted molar refractivity (Wildman–Crippen MR) is 60.4 cm³/mol. The largest absolute Gasteiger partial charge is 0.464 e. The van der Waals surface area contributed by atoms with Gasteiger partial charge in [-0.3, -0.25) is 4.98 Å². The topological polar surface area (TPSA) is 39.2 Å². The van der Waals surface area contributed by atoms with Crippen molar-refractivity contribution in [1.29, 1.82) is 0 Å². The highest BCUT2D eigenvalue weighted by Gasteiger charge is 2.37. The first kappa shape index (κ1) is 11.7. The molecule has 0 aliphatic carbocycles. The molecular formula is C9H9Br2NO2. The van der Waals surface area contributed by atoms with Crippen molar-refractivity contribution in [2.45, 2.75) is 10.2 Å². The quantitative estimate of drug-likeness (QED) is 0.634. The highest BCUT2D eigenvalue weighted by atomic mass is 79.9. The van der Waals surface area contributed by atoms with Crippen LogP contribution in [0.4, 0.5) is 0 Å². The highest BCUT2D eigenvalue weighted by molar-refractivity contribution is 9.25. The number of halogens is 2. The van der Waals surface area contributed by atoms with Gasteiger partial charge in [-0.15, -0.1) is 0 Å². The molecular weight excluding hydrogens is 314 g/mol. The molecule has 0 spiro atoms. The number of nitrogens with zero attached hydrogens (tertiary/aromatic N) is 1. The lowest BCUT2D eigenvalue weighted by molar-refractivity contribution is -0.143. The van der Waals surface area contributed by atoms with E-state index < -0.39 is 9.20 Å². The minimum atomic E-state index is -1.04. The maximum atomic E-state index is 11.5. The molecule has 0 bridgehead atoms. The number of carbonyl (C=O) groups is 1. The van der Waals surface area contributed by atoms with Gasteiger partial charge in [0.15, 0.2) is 0 Å². The van der Waals surface area contributed by atoms with E-state index in [4.69, 9.17) is 4.74 Å². The van der Waals surface area contributed by atoms with E-state index in [0.717, 1.165) is 0 Å². The van der Waals surface area contributed by atoms with Gasteiger partial charge in [-0.1, -0.05) is 37.9 Å². The van der Waals surface area contributed by atoms with Gasteiger partial charge in [-0.2, -0.15) is 0 Å². The van der Waals surface area contributed by atoms with Crippen LogP contribution in [-0.2, 0) is 12.8 Å². The fourth-order valence-corrected chi connectivity index (χ4v) is 1.57. The molecule has 1 rings (SSSR count). The predicted octanol–water partition coefficient (Wildman–Crippen LogP) is 2.59. The summed E-state index contributed by atoms with van der Waals surface area (Å²) in [6.07, 6.45) is 1.62. The van der Waals surface area contributed by atoms with Crippen LogP contribution in [0, 0.1) is 0 Å². The lowest BCUT2D eigenvalue weighted by Gasteiger charge is -2.17. The van der Waals surface area contributed by atoms with Crippen molar-refractivity contribution in [2.24, 2.45) is 0 Å². The van der Waals surface area contributed by atoms with Gasteiger partial charge in [0.05, 0.1) is 12.3 Å². The van der Waals surface area contributed by atoms with Crippen molar-refractivity contribution in [3.63, 3.8) is 0 Å². The molecule has 5 heteroatoms. The van der Waals surface area contributed by atoms with Crippen molar-refractivity contribution in [1.82, 2.24) is 4.98 Å². The Morgan fingerprint density at radius 2 is 2.29 bits per heavy atom. The van der Waals surface area contributed by atoms with Gasteiger partial charge >= 0.3 is 5.97 Å². The minimum Gasteiger partial charge on any atom is -0.464 e. The fraction of sp³-hybridized carbons (Fsp3) is 0.333. The van der Waals surface area contributed by atoms with Gasteiger partial charge < -0.3 is 4.74 Å². The van der Waals surface area contributed by atoms with Crippen molar-refractivity contribution in [3.8, 4) is 0 Å². The molecule has 0 saturated carbocycles. The number of hydrogen-bond acceptors (Lipinski definition) is 3. The third-order valence-electron chi connectivity index (χ3n) is 1.52. The molecule has 0 amide bonds. The number of aromatic nitrogens is 1. The van der Waals surface area contributed by atoms with Crippen molar-refractivity contribution in [2.75, 3.05) is 6.61 Å². The van der Waals surface area contributed by atoms with Gasteiger partial charge in [0.25, 0.3) is 0 Å². The van der Waals surface area contributed by atoms with Gasteiger partial charge in [0, 0.05) is 6.20 Å². The zero-order valence-electron chi connectivity index (χ0n) is 7.54. The molecule has 0 aromatic carbocycles. The Labute approximate surface area is 99.1 Å². The lowest BCUT2D eigenvalue weighted by atomic mass is 10.3. The molecule has 0 saturated heterocycles. The minimum absolute atomic E-state index is 0.338. The number of ether oxygens (including phenoxy) is 1. The van der Waals surface area contributed by atoms with Crippen LogP contribution in [0.25, 0.3) is 0 Å². The van der Waals surface area contributed by atoms with Crippen molar-refractivity contribution >= 4 is 37.8 Å². The maximum Gasteiger partial charge on any atom is 0.340 e. The van der Waals surface area contributed by atoms with E-state index in [0.29, 0.717) is 12.3 Å². The Morgan fingerprint density at radius 3 is 2.79 bits per heavy atom. The zero-order chi connectivity index (χ0) is 10.6. The fourth-order valence-electron chi connectivity index (χ4n) is 0.875. The summed E-state index contributed by atoms with van der Waals surface area (Å²) in [5.74, 6) is -0.404. The molecule has 0 aliphatic rings. The standard InChI is InChI=1S/C9H9Br2NO2/c1-2-14-8(13)9(10,11)7-5-3-4-6-12-7/h3-6H,2H2,1H3. The molecule has 0 atom stereocenters. The number of carbonyl (C=O) groups excluding carboxylic acids is 1. The summed E-state index contributed by atoms with van der Waals surface area (Å²) in [7, 11) is 0. The van der Waals surface area contributed by atoms with Crippen LogP contribution in [0.15, 0.2) is 24.4 Å². The molecule has 0 radical (unpaired) electrons. The number of rotatable bonds is 3. The first-order chi connectivity index (χ1) is 6.59. The van der Waals surface area contributed by atoms with Crippen LogP contribution in [0.1, 0.15) is 12.6 Å². The summed E-state index contributed by atoms with van der Waals surface area (Å²) in [4.78, 5) is 15.6. The molecule has 1 heterocycles. The maximum absolute atomic E-state index is 11.5. The van der Waals surface area contributed by atoms with E-state index in [-0.39, 0.29) is 0 Å². The summed E-state index contributed by atoms with van der Waals surface area (Å²) in [5.41, 5.74) is 0.568. The molecule has 3 nitrogen and oxygen atoms in total. The molecule has 76 valence electrons. The highest BCUT2D eigenvalue weighted by Crippen LogP contribution is 2.37. The normalized spacial score (nSPS) is 11.1. The first-order valence-electron chi connectivity index (χ1n) is 4.05. The van der Waals surface area contributed by atoms with E-state index in [2.05, 4.69) is 36.8 Å². The second-order valence-corrected chi connectivity index (χ2v) is 5.95. The van der Waals surface area contributed by atoms with Gasteiger partial charge in [0.1, 0.15) is 0 Å². The first-order valence-corrected chi connectivity index (χ1v) is 5.64. The summed E-state index contributed by atoms with van der Waals surface area (Å²) < 4.78 is 3.84. The number of hydrogen-bond donors (Lipinski definition) is 0. The Balaban J connectivity index is 2.90. The van der Waals surface area contributed by atoms with Crippen LogP contribution < -0.4 is 0 Å². The van der Waals surface area contributed by atoms with Crippen LogP contribution in [0.5, 0.6) is 0 Å². The lowest BCUT2D eigenvalue weighted by Crippen LogP contribution is -2.25. The van der Waals surface area contributed by atoms with Crippen LogP contribution in [-0.4, -0.2) is 17.6 Å². The van der Waals surface area contributed by atoms with Gasteiger partial charge in [-0.25, -0.2) is 4.79 Å². The number of pyridine rings is 1. The molecule has 0 fully saturated rings. The van der Waals surface area contributed by atoms with E-state index in [9.17, 15) is 4.79 Å². The average Bonchev–Trinajstić information content (AvgIpc) is 2.19. The SMILES string of the molecule is CCOC(=O)C(Br)(Br)c1ccccn1. The van der Waals surface area contributed by atoms with E-state index in [1.54, 1.807) is 31.3 Å². The van der Waals surface area contributed by atoms with Crippen LogP contribution in [0.2, 0.25) is 0 Å². The smallest absolute Gasteiger partial charge is 0.340 e. The third kappa shape index (κ3) is 2.54. The third-order valence-corrected chi connectivity index (χ3v) is 2.98. The Morgan fingerprint density at radius 1 is 1.57 bits per heavy atom. The van der Waals surface area contributed by atoms with Crippen LogP contribution in [0.3, 0.4) is 0 Å². The monoisotopic (exact) mass is 321 g/mol. The van der Waals surface area contributed by atoms with Crippen LogP contribution >= 0.6 is 31.9 Å². The molecule has 1 aromatic rings.